The fraction of sp³-hybridized carbons (Fsp3) is 0.929. The number of nitrogens with zero attached hydrogens (tertiary/aromatic N) is 1. The van der Waals surface area contributed by atoms with Gasteiger partial charge in [-0.3, -0.25) is 4.79 Å². The van der Waals surface area contributed by atoms with Gasteiger partial charge in [-0.25, -0.2) is 0 Å². The third-order valence-electron chi connectivity index (χ3n) is 3.90. The molecule has 1 aliphatic heterocycles. The molecule has 1 aliphatic rings. The summed E-state index contributed by atoms with van der Waals surface area (Å²) in [6, 6.07) is 0.406. The van der Waals surface area contributed by atoms with Gasteiger partial charge in [-0.15, -0.1) is 0 Å². The minimum atomic E-state index is 0.338. The maximum absolute atomic E-state index is 12.2. The Balaban J connectivity index is 2.38. The maximum atomic E-state index is 12.2. The van der Waals surface area contributed by atoms with E-state index in [1.165, 1.54) is 0 Å². The van der Waals surface area contributed by atoms with Crippen LogP contribution >= 0.6 is 11.8 Å². The van der Waals surface area contributed by atoms with Crippen molar-refractivity contribution in [2.24, 2.45) is 17.6 Å². The normalized spacial score (nSPS) is 22.3. The van der Waals surface area contributed by atoms with Crippen molar-refractivity contribution in [2.45, 2.75) is 46.1 Å². The van der Waals surface area contributed by atoms with Gasteiger partial charge >= 0.3 is 0 Å². The predicted octanol–water partition coefficient (Wildman–Crippen LogP) is 2.35. The smallest absolute Gasteiger partial charge is 0.222 e. The van der Waals surface area contributed by atoms with Gasteiger partial charge in [0.05, 0.1) is 0 Å². The van der Waals surface area contributed by atoms with Gasteiger partial charge in [0, 0.05) is 30.5 Å². The molecule has 2 atom stereocenters. The summed E-state index contributed by atoms with van der Waals surface area (Å²) >= 11 is 1.95. The van der Waals surface area contributed by atoms with Crippen LogP contribution in [0, 0.1) is 11.8 Å². The van der Waals surface area contributed by atoms with E-state index < -0.39 is 0 Å². The van der Waals surface area contributed by atoms with Crippen LogP contribution < -0.4 is 5.73 Å². The molecule has 0 radical (unpaired) electrons. The number of amides is 1. The number of carbonyl (C=O) groups excluding carboxylic acids is 1. The average Bonchev–Trinajstić information content (AvgIpc) is 2.34. The fourth-order valence-corrected chi connectivity index (χ4v) is 3.59. The highest BCUT2D eigenvalue weighted by Crippen LogP contribution is 2.23. The zero-order chi connectivity index (χ0) is 13.5. The molecule has 18 heavy (non-hydrogen) atoms. The molecular weight excluding hydrogens is 244 g/mol. The highest BCUT2D eigenvalue weighted by molar-refractivity contribution is 7.99. The number of hydrogen-bond acceptors (Lipinski definition) is 3. The zero-order valence-corrected chi connectivity index (χ0v) is 12.8. The fourth-order valence-electron chi connectivity index (χ4n) is 2.58. The Bertz CT molecular complexity index is 258. The van der Waals surface area contributed by atoms with Crippen molar-refractivity contribution in [3.8, 4) is 0 Å². The van der Waals surface area contributed by atoms with Gasteiger partial charge < -0.3 is 10.6 Å². The summed E-state index contributed by atoms with van der Waals surface area (Å²) in [6.45, 7) is 8.27. The van der Waals surface area contributed by atoms with E-state index in [2.05, 4.69) is 25.7 Å². The summed E-state index contributed by atoms with van der Waals surface area (Å²) < 4.78 is 0. The molecule has 2 N–H and O–H groups in total. The van der Waals surface area contributed by atoms with Crippen LogP contribution in [0.15, 0.2) is 0 Å². The number of thioether (sulfide) groups is 1. The molecule has 0 aromatic rings. The molecule has 1 fully saturated rings. The van der Waals surface area contributed by atoms with Crippen LogP contribution in [0.5, 0.6) is 0 Å². The molecule has 1 rings (SSSR count). The van der Waals surface area contributed by atoms with Crippen molar-refractivity contribution >= 4 is 17.7 Å². The lowest BCUT2D eigenvalue weighted by atomic mass is 9.88. The number of hydrogen-bond donors (Lipinski definition) is 1. The van der Waals surface area contributed by atoms with E-state index in [4.69, 9.17) is 5.73 Å². The monoisotopic (exact) mass is 272 g/mol. The van der Waals surface area contributed by atoms with Crippen LogP contribution in [0.2, 0.25) is 0 Å². The van der Waals surface area contributed by atoms with Crippen LogP contribution in [-0.2, 0) is 4.79 Å². The molecule has 0 aromatic heterocycles. The lowest BCUT2D eigenvalue weighted by Crippen LogP contribution is -2.44. The summed E-state index contributed by atoms with van der Waals surface area (Å²) in [4.78, 5) is 14.3. The van der Waals surface area contributed by atoms with Crippen molar-refractivity contribution in [2.75, 3.05) is 24.6 Å². The van der Waals surface area contributed by atoms with E-state index in [9.17, 15) is 4.79 Å². The molecule has 3 nitrogen and oxygen atoms in total. The molecule has 0 aromatic carbocycles. The van der Waals surface area contributed by atoms with Crippen molar-refractivity contribution in [3.63, 3.8) is 0 Å². The first-order valence-electron chi connectivity index (χ1n) is 7.13. The third-order valence-corrected chi connectivity index (χ3v) is 5.09. The van der Waals surface area contributed by atoms with Gasteiger partial charge in [0.1, 0.15) is 0 Å². The van der Waals surface area contributed by atoms with Crippen LogP contribution in [0.4, 0.5) is 0 Å². The topological polar surface area (TPSA) is 46.3 Å². The van der Waals surface area contributed by atoms with Gasteiger partial charge in [0.2, 0.25) is 5.91 Å². The Labute approximate surface area is 116 Å². The summed E-state index contributed by atoms with van der Waals surface area (Å²) in [5.41, 5.74) is 5.64. The summed E-state index contributed by atoms with van der Waals surface area (Å²) in [5.74, 6) is 3.73. The number of rotatable bonds is 6. The number of carbonyl (C=O) groups is 1. The van der Waals surface area contributed by atoms with Crippen LogP contribution in [0.1, 0.15) is 40.0 Å². The van der Waals surface area contributed by atoms with E-state index in [0.29, 0.717) is 30.2 Å². The standard InChI is InChI=1S/C14H28N2OS/c1-11(2)13(6-7-15)4-5-14(17)16-8-9-18-10-12(16)3/h11-13H,4-10,15H2,1-3H3. The van der Waals surface area contributed by atoms with Crippen LogP contribution in [0.3, 0.4) is 0 Å². The Kier molecular flexibility index (Phi) is 7.08. The van der Waals surface area contributed by atoms with Crippen LogP contribution in [-0.4, -0.2) is 41.4 Å². The minimum Gasteiger partial charge on any atom is -0.338 e. The van der Waals surface area contributed by atoms with Crippen molar-refractivity contribution in [1.29, 1.82) is 0 Å². The largest absolute Gasteiger partial charge is 0.338 e. The molecule has 0 aliphatic carbocycles. The Morgan fingerprint density at radius 2 is 2.17 bits per heavy atom. The molecule has 0 saturated carbocycles. The van der Waals surface area contributed by atoms with E-state index in [1.54, 1.807) is 0 Å². The molecule has 0 bridgehead atoms. The van der Waals surface area contributed by atoms with Crippen molar-refractivity contribution in [3.05, 3.63) is 0 Å². The van der Waals surface area contributed by atoms with E-state index in [0.717, 1.165) is 37.4 Å². The van der Waals surface area contributed by atoms with Gasteiger partial charge in [-0.05, 0) is 38.1 Å². The quantitative estimate of drug-likeness (QED) is 0.807. The predicted molar refractivity (Wildman–Crippen MR) is 79.7 cm³/mol. The Morgan fingerprint density at radius 3 is 2.72 bits per heavy atom. The molecular formula is C14H28N2OS. The second-order valence-corrected chi connectivity index (χ2v) is 6.78. The van der Waals surface area contributed by atoms with Gasteiger partial charge in [0.15, 0.2) is 0 Å². The molecule has 1 heterocycles. The highest BCUT2D eigenvalue weighted by atomic mass is 32.2. The lowest BCUT2D eigenvalue weighted by molar-refractivity contribution is -0.133. The third kappa shape index (κ3) is 4.81. The van der Waals surface area contributed by atoms with Crippen molar-refractivity contribution in [1.82, 2.24) is 4.90 Å². The second-order valence-electron chi connectivity index (χ2n) is 5.63. The number of nitrogens with two attached hydrogens (primary N) is 1. The summed E-state index contributed by atoms with van der Waals surface area (Å²) in [6.07, 6.45) is 2.72. The second kappa shape index (κ2) is 8.05. The van der Waals surface area contributed by atoms with Crippen LogP contribution in [0.25, 0.3) is 0 Å². The minimum absolute atomic E-state index is 0.338. The molecule has 106 valence electrons. The summed E-state index contributed by atoms with van der Waals surface area (Å²) in [7, 11) is 0. The van der Waals surface area contributed by atoms with Gasteiger partial charge in [-0.1, -0.05) is 13.8 Å². The Morgan fingerprint density at radius 1 is 1.44 bits per heavy atom. The lowest BCUT2D eigenvalue weighted by Gasteiger charge is -2.33. The molecule has 0 spiro atoms. The Hall–Kier alpha value is -0.220. The maximum Gasteiger partial charge on any atom is 0.222 e. The average molecular weight is 272 g/mol. The molecule has 1 saturated heterocycles. The molecule has 2 unspecified atom stereocenters. The zero-order valence-electron chi connectivity index (χ0n) is 12.0. The SMILES string of the molecule is CC(C)C(CCN)CCC(=O)N1CCSCC1C. The highest BCUT2D eigenvalue weighted by Gasteiger charge is 2.24. The van der Waals surface area contributed by atoms with E-state index in [-0.39, 0.29) is 0 Å². The van der Waals surface area contributed by atoms with Gasteiger partial charge in [-0.2, -0.15) is 11.8 Å². The first kappa shape index (κ1) is 15.8. The summed E-state index contributed by atoms with van der Waals surface area (Å²) in [5, 5.41) is 0. The molecule has 1 amide bonds. The first-order chi connectivity index (χ1) is 8.56. The molecule has 4 heteroatoms. The van der Waals surface area contributed by atoms with Gasteiger partial charge in [0.25, 0.3) is 0 Å². The van der Waals surface area contributed by atoms with Crippen molar-refractivity contribution < 1.29 is 4.79 Å². The first-order valence-corrected chi connectivity index (χ1v) is 8.29. The van der Waals surface area contributed by atoms with E-state index >= 15 is 0 Å². The van der Waals surface area contributed by atoms with E-state index in [1.807, 2.05) is 11.8 Å².